The second-order valence-electron chi connectivity index (χ2n) is 8.73. The number of aromatic nitrogens is 1. The van der Waals surface area contributed by atoms with E-state index in [2.05, 4.69) is 5.32 Å². The van der Waals surface area contributed by atoms with Gasteiger partial charge in [-0.05, 0) is 49.1 Å². The molecule has 3 heterocycles. The van der Waals surface area contributed by atoms with Crippen molar-refractivity contribution >= 4 is 29.1 Å². The molecule has 7 nitrogen and oxygen atoms in total. The van der Waals surface area contributed by atoms with E-state index < -0.39 is 57.6 Å². The fourth-order valence-electron chi connectivity index (χ4n) is 4.75. The van der Waals surface area contributed by atoms with Gasteiger partial charge in [-0.25, -0.2) is 13.2 Å². The van der Waals surface area contributed by atoms with Crippen LogP contribution in [0.1, 0.15) is 50.9 Å². The van der Waals surface area contributed by atoms with Crippen LogP contribution in [0, 0.1) is 17.5 Å². The van der Waals surface area contributed by atoms with Crippen molar-refractivity contribution in [3.8, 4) is 5.75 Å². The minimum absolute atomic E-state index is 0.0991. The van der Waals surface area contributed by atoms with Crippen LogP contribution in [0.4, 0.5) is 18.9 Å². The number of amides is 2. The molecule has 2 bridgehead atoms. The molecule has 0 spiro atoms. The van der Waals surface area contributed by atoms with E-state index in [9.17, 15) is 32.7 Å². The number of aryl methyl sites for hydroxylation is 1. The van der Waals surface area contributed by atoms with E-state index >= 15 is 0 Å². The molecule has 2 N–H and O–H groups in total. The van der Waals surface area contributed by atoms with Gasteiger partial charge in [-0.15, -0.1) is 0 Å². The summed E-state index contributed by atoms with van der Waals surface area (Å²) in [5.74, 6) is -4.86. The third-order valence-corrected chi connectivity index (χ3v) is 6.91. The van der Waals surface area contributed by atoms with E-state index in [-0.39, 0.29) is 23.8 Å². The van der Waals surface area contributed by atoms with Gasteiger partial charge in [0, 0.05) is 30.5 Å². The highest BCUT2D eigenvalue weighted by molar-refractivity contribution is 6.31. The molecular weight excluding hydrogens is 499 g/mol. The van der Waals surface area contributed by atoms with Crippen molar-refractivity contribution in [1.29, 1.82) is 0 Å². The van der Waals surface area contributed by atoms with Crippen molar-refractivity contribution in [3.05, 3.63) is 91.6 Å². The van der Waals surface area contributed by atoms with Gasteiger partial charge in [-0.2, -0.15) is 0 Å². The minimum Gasteiger partial charge on any atom is -0.503 e. The van der Waals surface area contributed by atoms with Gasteiger partial charge in [0.1, 0.15) is 28.0 Å². The van der Waals surface area contributed by atoms with Gasteiger partial charge in [0.25, 0.3) is 11.8 Å². The highest BCUT2D eigenvalue weighted by Gasteiger charge is 2.37. The van der Waals surface area contributed by atoms with Crippen LogP contribution in [-0.4, -0.2) is 28.0 Å². The second-order valence-corrected chi connectivity index (χ2v) is 9.11. The Balaban J connectivity index is 1.50. The Morgan fingerprint density at radius 2 is 1.94 bits per heavy atom. The molecule has 36 heavy (non-hydrogen) atoms. The number of carbonyl (C=O) groups is 2. The zero-order valence-corrected chi connectivity index (χ0v) is 19.4. The van der Waals surface area contributed by atoms with E-state index in [1.807, 2.05) is 0 Å². The summed E-state index contributed by atoms with van der Waals surface area (Å²) < 4.78 is 42.8. The summed E-state index contributed by atoms with van der Waals surface area (Å²) in [5.41, 5.74) is -0.705. The maximum absolute atomic E-state index is 14.2. The lowest BCUT2D eigenvalue weighted by Crippen LogP contribution is -2.46. The molecule has 2 aliphatic rings. The van der Waals surface area contributed by atoms with Gasteiger partial charge in [0.15, 0.2) is 11.4 Å². The van der Waals surface area contributed by atoms with Gasteiger partial charge >= 0.3 is 0 Å². The smallest absolute Gasteiger partial charge is 0.279 e. The van der Waals surface area contributed by atoms with Crippen LogP contribution in [0.3, 0.4) is 0 Å². The van der Waals surface area contributed by atoms with E-state index in [1.165, 1.54) is 33.9 Å². The molecule has 3 aromatic rings. The molecule has 2 aliphatic heterocycles. The molecule has 0 aliphatic carbocycles. The molecule has 2 aromatic carbocycles. The normalized spacial score (nSPS) is 16.6. The minimum atomic E-state index is -1.07. The molecule has 0 saturated carbocycles. The van der Waals surface area contributed by atoms with Crippen LogP contribution >= 0.6 is 11.6 Å². The zero-order chi connectivity index (χ0) is 25.7. The van der Waals surface area contributed by atoms with Gasteiger partial charge < -0.3 is 19.9 Å². The maximum Gasteiger partial charge on any atom is 0.279 e. The summed E-state index contributed by atoms with van der Waals surface area (Å²) in [6.07, 6.45) is 2.92. The number of aromatic hydroxyl groups is 1. The topological polar surface area (TPSA) is 91.6 Å². The lowest BCUT2D eigenvalue weighted by atomic mass is 9.95. The number of hydrogen-bond acceptors (Lipinski definition) is 4. The summed E-state index contributed by atoms with van der Waals surface area (Å²) in [6.45, 7) is -0.191. The van der Waals surface area contributed by atoms with E-state index in [0.29, 0.717) is 30.5 Å². The van der Waals surface area contributed by atoms with Crippen LogP contribution in [-0.2, 0) is 13.0 Å². The quantitative estimate of drug-likeness (QED) is 0.512. The summed E-state index contributed by atoms with van der Waals surface area (Å²) in [5, 5.41) is 12.4. The number of fused-ring (bicyclic) bond motifs is 6. The van der Waals surface area contributed by atoms with Crippen molar-refractivity contribution in [2.45, 2.75) is 31.8 Å². The first kappa shape index (κ1) is 23.9. The number of pyridine rings is 1. The number of benzene rings is 2. The van der Waals surface area contributed by atoms with Crippen molar-refractivity contribution < 1.29 is 27.9 Å². The molecule has 1 aromatic heterocycles. The molecular formula is C25H19ClF3N3O4. The van der Waals surface area contributed by atoms with Gasteiger partial charge in [-0.1, -0.05) is 17.7 Å². The number of anilines is 1. The molecule has 0 radical (unpaired) electrons. The van der Waals surface area contributed by atoms with Crippen LogP contribution in [0.2, 0.25) is 5.02 Å². The SMILES string of the molecule is O=C(NCc1ccc(F)c(Cl)c1F)c1cn2c(c(O)c1=O)C(=O)N1C[C@H]2CCCc2cc(F)ccc21. The fourth-order valence-corrected chi connectivity index (χ4v) is 4.93. The lowest BCUT2D eigenvalue weighted by molar-refractivity contribution is 0.0927. The number of rotatable bonds is 3. The first-order valence-corrected chi connectivity index (χ1v) is 11.5. The van der Waals surface area contributed by atoms with E-state index in [0.717, 1.165) is 12.1 Å². The summed E-state index contributed by atoms with van der Waals surface area (Å²) in [7, 11) is 0. The van der Waals surface area contributed by atoms with Crippen molar-refractivity contribution in [2.24, 2.45) is 0 Å². The van der Waals surface area contributed by atoms with Crippen LogP contribution in [0.15, 0.2) is 41.3 Å². The fraction of sp³-hybridized carbons (Fsp3) is 0.240. The number of nitrogens with one attached hydrogen (secondary N) is 1. The monoisotopic (exact) mass is 517 g/mol. The zero-order valence-electron chi connectivity index (χ0n) is 18.7. The summed E-state index contributed by atoms with van der Waals surface area (Å²) >= 11 is 5.56. The van der Waals surface area contributed by atoms with Gasteiger partial charge in [-0.3, -0.25) is 14.4 Å². The maximum atomic E-state index is 14.2. The predicted octanol–water partition coefficient (Wildman–Crippen LogP) is 4.09. The van der Waals surface area contributed by atoms with E-state index in [1.54, 1.807) is 0 Å². The molecule has 11 heteroatoms. The summed E-state index contributed by atoms with van der Waals surface area (Å²) in [4.78, 5) is 40.4. The first-order valence-electron chi connectivity index (χ1n) is 11.2. The average Bonchev–Trinajstić information content (AvgIpc) is 2.84. The number of carbonyl (C=O) groups excluding carboxylic acids is 2. The highest BCUT2D eigenvalue weighted by Crippen LogP contribution is 2.36. The molecule has 5 rings (SSSR count). The molecule has 2 amide bonds. The number of nitrogens with zero attached hydrogens (tertiary/aromatic N) is 2. The first-order chi connectivity index (χ1) is 17.2. The predicted molar refractivity (Wildman–Crippen MR) is 125 cm³/mol. The molecule has 1 atom stereocenters. The Morgan fingerprint density at radius 3 is 2.72 bits per heavy atom. The van der Waals surface area contributed by atoms with E-state index in [4.69, 9.17) is 11.6 Å². The largest absolute Gasteiger partial charge is 0.503 e. The molecule has 186 valence electrons. The highest BCUT2D eigenvalue weighted by atomic mass is 35.5. The van der Waals surface area contributed by atoms with Crippen molar-refractivity contribution in [2.75, 3.05) is 11.4 Å². The third-order valence-electron chi connectivity index (χ3n) is 6.56. The Morgan fingerprint density at radius 1 is 1.17 bits per heavy atom. The molecule has 0 unspecified atom stereocenters. The Labute approximate surface area is 207 Å². The molecule has 0 fully saturated rings. The summed E-state index contributed by atoms with van der Waals surface area (Å²) in [6, 6.07) is 5.81. The standard InChI is InChI=1S/C25H19ClF3N3O4/c26-19-17(28)6-4-13(20(19)29)9-30-24(35)16-11-31-15-3-1-2-12-8-14(27)5-7-18(12)32(10-15)25(36)21(31)23(34)22(16)33/h4-8,11,15,34H,1-3,9-10H2,(H,30,35)/t15-/m1/s1. The lowest BCUT2D eigenvalue weighted by Gasteiger charge is -2.39. The van der Waals surface area contributed by atoms with Crippen LogP contribution < -0.4 is 15.6 Å². The molecule has 0 saturated heterocycles. The van der Waals surface area contributed by atoms with Gasteiger partial charge in [0.05, 0.1) is 6.04 Å². The Kier molecular flexibility index (Phi) is 5.99. The van der Waals surface area contributed by atoms with Crippen LogP contribution in [0.5, 0.6) is 5.75 Å². The Hall–Kier alpha value is -3.79. The van der Waals surface area contributed by atoms with Gasteiger partial charge in [0.2, 0.25) is 5.43 Å². The van der Waals surface area contributed by atoms with Crippen LogP contribution in [0.25, 0.3) is 0 Å². The van der Waals surface area contributed by atoms with Crippen molar-refractivity contribution in [3.63, 3.8) is 0 Å². The number of hydrogen-bond donors (Lipinski definition) is 2. The second kappa shape index (κ2) is 9.02. The number of halogens is 4. The third kappa shape index (κ3) is 3.91. The van der Waals surface area contributed by atoms with Crippen molar-refractivity contribution in [1.82, 2.24) is 9.88 Å². The average molecular weight is 518 g/mol. The Bertz CT molecular complexity index is 1490.